The van der Waals surface area contributed by atoms with Gasteiger partial charge in [0.1, 0.15) is 11.9 Å². The fraction of sp³-hybridized carbons (Fsp3) is 0.481. The van der Waals surface area contributed by atoms with Crippen LogP contribution in [0.3, 0.4) is 0 Å². The van der Waals surface area contributed by atoms with Crippen molar-refractivity contribution in [2.75, 3.05) is 37.6 Å². The zero-order chi connectivity index (χ0) is 29.5. The van der Waals surface area contributed by atoms with Crippen molar-refractivity contribution in [3.05, 3.63) is 51.9 Å². The number of hydrogen-bond acceptors (Lipinski definition) is 7. The molecule has 2 saturated heterocycles. The molecule has 0 bridgehead atoms. The van der Waals surface area contributed by atoms with Crippen LogP contribution < -0.4 is 15.8 Å². The second-order valence-corrected chi connectivity index (χ2v) is 13.3. The molecule has 2 amide bonds. The summed E-state index contributed by atoms with van der Waals surface area (Å²) < 4.78 is 29.7. The van der Waals surface area contributed by atoms with Crippen LogP contribution in [0.1, 0.15) is 26.7 Å². The number of fused-ring (bicyclic) bond motifs is 1. The molecule has 14 heteroatoms. The normalized spacial score (nSPS) is 19.3. The summed E-state index contributed by atoms with van der Waals surface area (Å²) >= 11 is 6.15. The van der Waals surface area contributed by atoms with E-state index in [1.807, 2.05) is 13.8 Å². The Bertz CT molecular complexity index is 1630. The fourth-order valence-corrected chi connectivity index (χ4v) is 7.09. The number of nitrogens with zero attached hydrogens (tertiary/aromatic N) is 5. The first-order chi connectivity index (χ1) is 19.4. The van der Waals surface area contributed by atoms with Gasteiger partial charge in [-0.2, -0.15) is 9.40 Å². The van der Waals surface area contributed by atoms with Crippen molar-refractivity contribution in [2.24, 2.45) is 13.0 Å². The van der Waals surface area contributed by atoms with Gasteiger partial charge in [-0.05, 0) is 56.9 Å². The molecule has 2 aromatic heterocycles. The lowest BCUT2D eigenvalue weighted by Crippen LogP contribution is -2.63. The first kappa shape index (κ1) is 29.1. The number of aryl methyl sites for hydroxylation is 1. The average Bonchev–Trinajstić information content (AvgIpc) is 3.31. The Morgan fingerprint density at radius 3 is 2.59 bits per heavy atom. The number of piperidine rings is 1. The molecule has 0 saturated carbocycles. The molecule has 0 radical (unpaired) electrons. The number of benzene rings is 1. The number of hydrogen-bond donors (Lipinski definition) is 2. The molecule has 1 aromatic carbocycles. The van der Waals surface area contributed by atoms with Gasteiger partial charge >= 0.3 is 0 Å². The second-order valence-electron chi connectivity index (χ2n) is 11.0. The predicted octanol–water partition coefficient (Wildman–Crippen LogP) is 1.56. The van der Waals surface area contributed by atoms with Gasteiger partial charge in [-0.15, -0.1) is 0 Å². The van der Waals surface area contributed by atoms with Crippen molar-refractivity contribution in [3.63, 3.8) is 0 Å². The number of halogens is 1. The maximum absolute atomic E-state index is 13.6. The second kappa shape index (κ2) is 11.5. The van der Waals surface area contributed by atoms with E-state index in [1.54, 1.807) is 30.3 Å². The largest absolute Gasteiger partial charge is 0.360 e. The Morgan fingerprint density at radius 1 is 1.17 bits per heavy atom. The molecule has 4 heterocycles. The Balaban J connectivity index is 1.32. The maximum Gasteiger partial charge on any atom is 0.266 e. The van der Waals surface area contributed by atoms with E-state index in [4.69, 9.17) is 11.6 Å². The number of H-pyrrole nitrogens is 1. The minimum Gasteiger partial charge on any atom is -0.360 e. The molecule has 1 unspecified atom stereocenters. The van der Waals surface area contributed by atoms with Crippen LogP contribution in [-0.2, 0) is 26.7 Å². The van der Waals surface area contributed by atoms with Crippen LogP contribution in [0.15, 0.2) is 46.2 Å². The molecule has 12 nitrogen and oxygen atoms in total. The van der Waals surface area contributed by atoms with E-state index in [2.05, 4.69) is 20.3 Å². The Labute approximate surface area is 243 Å². The van der Waals surface area contributed by atoms with Crippen LogP contribution >= 0.6 is 11.6 Å². The van der Waals surface area contributed by atoms with E-state index in [1.165, 1.54) is 22.9 Å². The van der Waals surface area contributed by atoms with Crippen molar-refractivity contribution >= 4 is 50.2 Å². The van der Waals surface area contributed by atoms with Crippen LogP contribution in [0.2, 0.25) is 5.02 Å². The van der Waals surface area contributed by atoms with Crippen LogP contribution in [0.5, 0.6) is 0 Å². The maximum atomic E-state index is 13.6. The third-order valence-electron chi connectivity index (χ3n) is 7.70. The number of piperazine rings is 1. The molecule has 5 rings (SSSR count). The molecule has 220 valence electrons. The number of nitrogens with one attached hydrogen (secondary N) is 2. The summed E-state index contributed by atoms with van der Waals surface area (Å²) in [5.41, 5.74) is 0.387. The summed E-state index contributed by atoms with van der Waals surface area (Å²) in [5, 5.41) is 8.36. The van der Waals surface area contributed by atoms with Gasteiger partial charge in [-0.1, -0.05) is 11.6 Å². The van der Waals surface area contributed by atoms with Gasteiger partial charge in [0.05, 0.1) is 16.5 Å². The van der Waals surface area contributed by atoms with Crippen LogP contribution in [0.25, 0.3) is 10.9 Å². The number of rotatable bonds is 7. The SMILES string of the molecule is CC(C)NC(=O)C1CN(S(=O)(=O)c2ccc3c(Cl)c[nH]c3c2)CC(=O)N1CC1CCN(c2ccc(=O)n(C)n2)CC1. The number of anilines is 1. The molecule has 1 atom stereocenters. The van der Waals surface area contributed by atoms with E-state index in [0.717, 1.165) is 23.0 Å². The molecular weight excluding hydrogens is 570 g/mol. The van der Waals surface area contributed by atoms with Gasteiger partial charge < -0.3 is 20.1 Å². The third-order valence-corrected chi connectivity index (χ3v) is 9.82. The molecule has 2 fully saturated rings. The minimum absolute atomic E-state index is 0.0205. The average molecular weight is 604 g/mol. The summed E-state index contributed by atoms with van der Waals surface area (Å²) in [6.45, 7) is 4.88. The molecule has 3 aromatic rings. The van der Waals surface area contributed by atoms with Gasteiger partial charge in [0.25, 0.3) is 5.56 Å². The lowest BCUT2D eigenvalue weighted by atomic mass is 9.95. The highest BCUT2D eigenvalue weighted by atomic mass is 35.5. The van der Waals surface area contributed by atoms with Crippen LogP contribution in [-0.4, -0.2) is 89.0 Å². The Hall–Kier alpha value is -3.42. The molecular formula is C27H34ClN7O5S. The highest BCUT2D eigenvalue weighted by Gasteiger charge is 2.43. The van der Waals surface area contributed by atoms with E-state index in [-0.39, 0.29) is 41.4 Å². The minimum atomic E-state index is -4.07. The Morgan fingerprint density at radius 2 is 1.90 bits per heavy atom. The zero-order valence-electron chi connectivity index (χ0n) is 23.2. The van der Waals surface area contributed by atoms with E-state index >= 15 is 0 Å². The first-order valence-electron chi connectivity index (χ1n) is 13.6. The lowest BCUT2D eigenvalue weighted by molar-refractivity contribution is -0.146. The summed E-state index contributed by atoms with van der Waals surface area (Å²) in [5.74, 6) is 0.0521. The van der Waals surface area contributed by atoms with Gasteiger partial charge in [0, 0.05) is 62.4 Å². The van der Waals surface area contributed by atoms with Crippen molar-refractivity contribution in [1.82, 2.24) is 29.3 Å². The smallest absolute Gasteiger partial charge is 0.266 e. The third kappa shape index (κ3) is 5.97. The van der Waals surface area contributed by atoms with Gasteiger partial charge in [-0.3, -0.25) is 14.4 Å². The molecule has 2 aliphatic heterocycles. The van der Waals surface area contributed by atoms with Gasteiger partial charge in [-0.25, -0.2) is 13.1 Å². The standard InChI is InChI=1S/C27H34ClN7O5S/c1-17(2)30-27(38)23-15-34(41(39,40)19-4-5-20-21(28)13-29-22(20)12-19)16-26(37)35(23)14-18-8-10-33(11-9-18)24-6-7-25(36)32(3)31-24/h4-7,12-13,17-18,23,29H,8-11,14-16H2,1-3H3,(H,30,38). The molecule has 2 N–H and O–H groups in total. The topological polar surface area (TPSA) is 141 Å². The lowest BCUT2D eigenvalue weighted by Gasteiger charge is -2.42. The quantitative estimate of drug-likeness (QED) is 0.417. The number of aromatic nitrogens is 3. The van der Waals surface area contributed by atoms with Gasteiger partial charge in [0.15, 0.2) is 0 Å². The summed E-state index contributed by atoms with van der Waals surface area (Å²) in [4.78, 5) is 45.1. The highest BCUT2D eigenvalue weighted by Crippen LogP contribution is 2.29. The molecule has 2 aliphatic rings. The number of aromatic amines is 1. The van der Waals surface area contributed by atoms with Crippen molar-refractivity contribution in [1.29, 1.82) is 0 Å². The van der Waals surface area contributed by atoms with Crippen molar-refractivity contribution < 1.29 is 18.0 Å². The van der Waals surface area contributed by atoms with E-state index in [9.17, 15) is 22.8 Å². The summed E-state index contributed by atoms with van der Waals surface area (Å²) in [6.07, 6.45) is 3.10. The predicted molar refractivity (Wildman–Crippen MR) is 155 cm³/mol. The van der Waals surface area contributed by atoms with Crippen molar-refractivity contribution in [2.45, 2.75) is 43.7 Å². The number of amides is 2. The number of carbonyl (C=O) groups is 2. The number of carbonyl (C=O) groups excluding carboxylic acids is 2. The highest BCUT2D eigenvalue weighted by molar-refractivity contribution is 7.89. The Kier molecular flexibility index (Phi) is 8.13. The molecule has 0 spiro atoms. The van der Waals surface area contributed by atoms with E-state index in [0.29, 0.717) is 35.6 Å². The molecule has 0 aliphatic carbocycles. The van der Waals surface area contributed by atoms with E-state index < -0.39 is 22.0 Å². The van der Waals surface area contributed by atoms with Crippen LogP contribution in [0, 0.1) is 5.92 Å². The van der Waals surface area contributed by atoms with Gasteiger partial charge in [0.2, 0.25) is 21.8 Å². The molecule has 41 heavy (non-hydrogen) atoms. The van der Waals surface area contributed by atoms with Crippen LogP contribution in [0.4, 0.5) is 5.82 Å². The summed E-state index contributed by atoms with van der Waals surface area (Å²) in [7, 11) is -2.46. The fourth-order valence-electron chi connectivity index (χ4n) is 5.45. The number of sulfonamides is 1. The summed E-state index contributed by atoms with van der Waals surface area (Å²) in [6, 6.07) is 6.64. The monoisotopic (exact) mass is 603 g/mol. The zero-order valence-corrected chi connectivity index (χ0v) is 24.8. The van der Waals surface area contributed by atoms with Crippen molar-refractivity contribution in [3.8, 4) is 0 Å². The first-order valence-corrected chi connectivity index (χ1v) is 15.4.